The molecular weight excluding hydrogens is 348 g/mol. The molecule has 1 aromatic carbocycles. The van der Waals surface area contributed by atoms with Crippen molar-refractivity contribution in [1.29, 1.82) is 0 Å². The van der Waals surface area contributed by atoms with Gasteiger partial charge in [-0.1, -0.05) is 20.8 Å². The first-order valence-electron chi connectivity index (χ1n) is 7.96. The molecule has 1 aromatic heterocycles. The molecule has 4 nitrogen and oxygen atoms in total. The van der Waals surface area contributed by atoms with Gasteiger partial charge in [0.15, 0.2) is 32.2 Å². The fourth-order valence-electron chi connectivity index (χ4n) is 2.37. The SMILES string of the molecule is CC(C)(C)c1cc(F)c(Oc2ccnc(S(=O)(=O)C3CC3)c2)c(F)c1. The molecule has 3 rings (SSSR count). The smallest absolute Gasteiger partial charge is 0.198 e. The Hall–Kier alpha value is -2.02. The second kappa shape index (κ2) is 6.05. The van der Waals surface area contributed by atoms with Crippen molar-refractivity contribution in [2.75, 3.05) is 0 Å². The number of halogens is 2. The molecule has 0 saturated heterocycles. The standard InChI is InChI=1S/C18H19F2NO3S/c1-18(2,3)11-8-14(19)17(15(20)9-11)24-12-6-7-21-16(10-12)25(22,23)13-4-5-13/h6-10,13H,4-5H2,1-3H3. The normalized spacial score (nSPS) is 15.2. The van der Waals surface area contributed by atoms with Crippen LogP contribution in [0.25, 0.3) is 0 Å². The zero-order valence-electron chi connectivity index (χ0n) is 14.2. The minimum absolute atomic E-state index is 0.0236. The summed E-state index contributed by atoms with van der Waals surface area (Å²) in [6, 6.07) is 5.01. The average Bonchev–Trinajstić information content (AvgIpc) is 3.35. The summed E-state index contributed by atoms with van der Waals surface area (Å²) in [6.45, 7) is 5.54. The van der Waals surface area contributed by atoms with Crippen LogP contribution in [0.15, 0.2) is 35.5 Å². The second-order valence-electron chi connectivity index (χ2n) is 7.20. The lowest BCUT2D eigenvalue weighted by atomic mass is 9.87. The van der Waals surface area contributed by atoms with E-state index in [9.17, 15) is 17.2 Å². The van der Waals surface area contributed by atoms with Gasteiger partial charge in [-0.3, -0.25) is 0 Å². The van der Waals surface area contributed by atoms with Crippen LogP contribution in [0.3, 0.4) is 0 Å². The fourth-order valence-corrected chi connectivity index (χ4v) is 3.95. The highest BCUT2D eigenvalue weighted by Crippen LogP contribution is 2.35. The summed E-state index contributed by atoms with van der Waals surface area (Å²) in [5.74, 6) is -2.22. The summed E-state index contributed by atoms with van der Waals surface area (Å²) in [6.07, 6.45) is 2.46. The lowest BCUT2D eigenvalue weighted by Crippen LogP contribution is -2.12. The van der Waals surface area contributed by atoms with Crippen LogP contribution < -0.4 is 4.74 Å². The third-order valence-corrected chi connectivity index (χ3v) is 6.20. The van der Waals surface area contributed by atoms with Gasteiger partial charge in [-0.15, -0.1) is 0 Å². The fraction of sp³-hybridized carbons (Fsp3) is 0.389. The maximum absolute atomic E-state index is 14.3. The van der Waals surface area contributed by atoms with E-state index in [1.165, 1.54) is 30.5 Å². The van der Waals surface area contributed by atoms with Gasteiger partial charge in [-0.25, -0.2) is 22.2 Å². The number of pyridine rings is 1. The van der Waals surface area contributed by atoms with E-state index in [-0.39, 0.29) is 10.8 Å². The van der Waals surface area contributed by atoms with Gasteiger partial charge < -0.3 is 4.74 Å². The van der Waals surface area contributed by atoms with Crippen LogP contribution in [0, 0.1) is 11.6 Å². The summed E-state index contributed by atoms with van der Waals surface area (Å²) in [4.78, 5) is 3.85. The summed E-state index contributed by atoms with van der Waals surface area (Å²) >= 11 is 0. The number of aromatic nitrogens is 1. The quantitative estimate of drug-likeness (QED) is 0.804. The van der Waals surface area contributed by atoms with Gasteiger partial charge in [-0.2, -0.15) is 0 Å². The molecule has 2 aromatic rings. The van der Waals surface area contributed by atoms with Crippen LogP contribution in [-0.2, 0) is 15.3 Å². The molecular formula is C18H19F2NO3S. The number of ether oxygens (including phenoxy) is 1. The van der Waals surface area contributed by atoms with E-state index in [1.54, 1.807) is 0 Å². The maximum atomic E-state index is 14.3. The largest absolute Gasteiger partial charge is 0.451 e. The molecule has 0 atom stereocenters. The predicted octanol–water partition coefficient (Wildman–Crippen LogP) is 4.39. The molecule has 0 spiro atoms. The first kappa shape index (κ1) is 17.8. The summed E-state index contributed by atoms with van der Waals surface area (Å²) in [7, 11) is -3.51. The van der Waals surface area contributed by atoms with Crippen LogP contribution in [-0.4, -0.2) is 18.7 Å². The molecule has 1 saturated carbocycles. The summed E-state index contributed by atoms with van der Waals surface area (Å²) in [5, 5.41) is -0.561. The van der Waals surface area contributed by atoms with Gasteiger partial charge in [0.2, 0.25) is 0 Å². The molecule has 1 fully saturated rings. The molecule has 0 unspecified atom stereocenters. The Balaban J connectivity index is 1.93. The molecule has 0 aliphatic heterocycles. The Kier molecular flexibility index (Phi) is 4.31. The van der Waals surface area contributed by atoms with Crippen LogP contribution in [0.4, 0.5) is 8.78 Å². The molecule has 0 bridgehead atoms. The molecule has 1 aliphatic rings. The van der Waals surface area contributed by atoms with E-state index >= 15 is 0 Å². The molecule has 1 heterocycles. The second-order valence-corrected chi connectivity index (χ2v) is 9.37. The van der Waals surface area contributed by atoms with Gasteiger partial charge >= 0.3 is 0 Å². The Bertz CT molecular complexity index is 893. The third kappa shape index (κ3) is 3.66. The van der Waals surface area contributed by atoms with E-state index in [4.69, 9.17) is 4.74 Å². The number of benzene rings is 1. The first-order valence-corrected chi connectivity index (χ1v) is 9.51. The lowest BCUT2D eigenvalue weighted by molar-refractivity contribution is 0.402. The summed E-state index contributed by atoms with van der Waals surface area (Å²) in [5.41, 5.74) is 0.0872. The highest BCUT2D eigenvalue weighted by atomic mass is 32.2. The highest BCUT2D eigenvalue weighted by Gasteiger charge is 2.38. The van der Waals surface area contributed by atoms with Crippen molar-refractivity contribution in [2.24, 2.45) is 0 Å². The molecule has 25 heavy (non-hydrogen) atoms. The Labute approximate surface area is 145 Å². The molecule has 0 amide bonds. The minimum atomic E-state index is -3.51. The Morgan fingerprint density at radius 1 is 1.12 bits per heavy atom. The molecule has 0 N–H and O–H groups in total. The average molecular weight is 367 g/mol. The lowest BCUT2D eigenvalue weighted by Gasteiger charge is -2.20. The van der Waals surface area contributed by atoms with Crippen LogP contribution >= 0.6 is 0 Å². The number of hydrogen-bond acceptors (Lipinski definition) is 4. The van der Waals surface area contributed by atoms with Crippen LogP contribution in [0.2, 0.25) is 0 Å². The van der Waals surface area contributed by atoms with Crippen LogP contribution in [0.5, 0.6) is 11.5 Å². The number of hydrogen-bond donors (Lipinski definition) is 0. The highest BCUT2D eigenvalue weighted by molar-refractivity contribution is 7.92. The minimum Gasteiger partial charge on any atom is -0.451 e. The van der Waals surface area contributed by atoms with Crippen molar-refractivity contribution in [1.82, 2.24) is 4.98 Å². The topological polar surface area (TPSA) is 56.3 Å². The zero-order valence-corrected chi connectivity index (χ0v) is 15.0. The van der Waals surface area contributed by atoms with Gasteiger partial charge in [0.1, 0.15) is 5.75 Å². The number of sulfone groups is 1. The van der Waals surface area contributed by atoms with Gasteiger partial charge in [-0.05, 0) is 42.0 Å². The maximum Gasteiger partial charge on any atom is 0.198 e. The van der Waals surface area contributed by atoms with Crippen molar-refractivity contribution >= 4 is 9.84 Å². The summed E-state index contributed by atoms with van der Waals surface area (Å²) < 4.78 is 58.3. The molecule has 0 radical (unpaired) electrons. The van der Waals surface area contributed by atoms with Crippen molar-refractivity contribution < 1.29 is 21.9 Å². The number of nitrogens with zero attached hydrogens (tertiary/aromatic N) is 1. The van der Waals surface area contributed by atoms with E-state index in [0.29, 0.717) is 18.4 Å². The Morgan fingerprint density at radius 3 is 2.24 bits per heavy atom. The zero-order chi connectivity index (χ0) is 18.4. The molecule has 7 heteroatoms. The first-order chi connectivity index (χ1) is 11.6. The van der Waals surface area contributed by atoms with E-state index in [0.717, 1.165) is 0 Å². The van der Waals surface area contributed by atoms with Crippen LogP contribution in [0.1, 0.15) is 39.2 Å². The van der Waals surface area contributed by atoms with Crippen molar-refractivity contribution in [3.63, 3.8) is 0 Å². The van der Waals surface area contributed by atoms with Crippen molar-refractivity contribution in [3.8, 4) is 11.5 Å². The third-order valence-electron chi connectivity index (χ3n) is 4.05. The van der Waals surface area contributed by atoms with Crippen molar-refractivity contribution in [2.45, 2.75) is 49.3 Å². The monoisotopic (exact) mass is 367 g/mol. The van der Waals surface area contributed by atoms with E-state index < -0.39 is 37.9 Å². The van der Waals surface area contributed by atoms with Gasteiger partial charge in [0, 0.05) is 12.3 Å². The van der Waals surface area contributed by atoms with E-state index in [1.807, 2.05) is 20.8 Å². The molecule has 1 aliphatic carbocycles. The van der Waals surface area contributed by atoms with Crippen molar-refractivity contribution in [3.05, 3.63) is 47.7 Å². The predicted molar refractivity (Wildman–Crippen MR) is 89.6 cm³/mol. The molecule has 134 valence electrons. The Morgan fingerprint density at radius 2 is 1.72 bits per heavy atom. The number of rotatable bonds is 4. The van der Waals surface area contributed by atoms with E-state index in [2.05, 4.69) is 4.98 Å². The van der Waals surface area contributed by atoms with Gasteiger partial charge in [0.25, 0.3) is 0 Å². The van der Waals surface area contributed by atoms with Gasteiger partial charge in [0.05, 0.1) is 5.25 Å².